The highest BCUT2D eigenvalue weighted by molar-refractivity contribution is 6.23. The van der Waals surface area contributed by atoms with Crippen LogP contribution in [0.2, 0.25) is 0 Å². The maximum absolute atomic E-state index is 12.9. The number of amides is 2. The number of nitrogens with one attached hydrogen (secondary N) is 1. The highest BCUT2D eigenvalue weighted by Gasteiger charge is 2.39. The van der Waals surface area contributed by atoms with Crippen LogP contribution in [0.1, 0.15) is 31.7 Å². The van der Waals surface area contributed by atoms with Gasteiger partial charge in [0.1, 0.15) is 17.5 Å². The molecule has 1 unspecified atom stereocenters. The number of nitrogens with zero attached hydrogens (tertiary/aromatic N) is 1. The minimum Gasteiger partial charge on any atom is -0.497 e. The van der Waals surface area contributed by atoms with Crippen molar-refractivity contribution < 1.29 is 19.1 Å². The third kappa shape index (κ3) is 4.11. The molecular formula is C22H26N2O4. The molecule has 6 heteroatoms. The zero-order chi connectivity index (χ0) is 20.1. The van der Waals surface area contributed by atoms with Gasteiger partial charge >= 0.3 is 0 Å². The Balaban J connectivity index is 1.75. The monoisotopic (exact) mass is 382 g/mol. The van der Waals surface area contributed by atoms with Gasteiger partial charge in [-0.15, -0.1) is 0 Å². The second-order valence-corrected chi connectivity index (χ2v) is 6.80. The molecule has 0 bridgehead atoms. The molecule has 6 nitrogen and oxygen atoms in total. The van der Waals surface area contributed by atoms with E-state index in [0.29, 0.717) is 22.9 Å². The van der Waals surface area contributed by atoms with Crippen LogP contribution in [-0.2, 0) is 16.0 Å². The van der Waals surface area contributed by atoms with Gasteiger partial charge in [-0.25, -0.2) is 4.90 Å². The fourth-order valence-electron chi connectivity index (χ4n) is 3.31. The van der Waals surface area contributed by atoms with E-state index in [9.17, 15) is 9.59 Å². The molecule has 28 heavy (non-hydrogen) atoms. The van der Waals surface area contributed by atoms with Crippen LogP contribution in [0.5, 0.6) is 11.5 Å². The summed E-state index contributed by atoms with van der Waals surface area (Å²) in [7, 11) is 3.13. The average Bonchev–Trinajstić information content (AvgIpc) is 3.00. The lowest BCUT2D eigenvalue weighted by Gasteiger charge is -2.18. The van der Waals surface area contributed by atoms with Crippen molar-refractivity contribution in [2.45, 2.75) is 38.6 Å². The Labute approximate surface area is 165 Å². The van der Waals surface area contributed by atoms with Crippen molar-refractivity contribution in [3.05, 3.63) is 48.0 Å². The van der Waals surface area contributed by atoms with E-state index in [4.69, 9.17) is 9.47 Å². The number of ether oxygens (including phenoxy) is 2. The van der Waals surface area contributed by atoms with Crippen molar-refractivity contribution in [1.29, 1.82) is 0 Å². The molecule has 0 aromatic heterocycles. The summed E-state index contributed by atoms with van der Waals surface area (Å²) in [6.07, 6.45) is 3.36. The fourth-order valence-corrected chi connectivity index (χ4v) is 3.31. The van der Waals surface area contributed by atoms with Crippen molar-refractivity contribution in [2.24, 2.45) is 0 Å². The lowest BCUT2D eigenvalue weighted by molar-refractivity contribution is -0.121. The minimum atomic E-state index is -0.630. The summed E-state index contributed by atoms with van der Waals surface area (Å²) in [4.78, 5) is 26.7. The Morgan fingerprint density at radius 2 is 1.82 bits per heavy atom. The van der Waals surface area contributed by atoms with Crippen LogP contribution >= 0.6 is 0 Å². The second-order valence-electron chi connectivity index (χ2n) is 6.80. The van der Waals surface area contributed by atoms with Crippen molar-refractivity contribution in [1.82, 2.24) is 0 Å². The number of hydrogen-bond acceptors (Lipinski definition) is 5. The Kier molecular flexibility index (Phi) is 6.19. The van der Waals surface area contributed by atoms with Crippen molar-refractivity contribution in [3.8, 4) is 11.5 Å². The van der Waals surface area contributed by atoms with Crippen LogP contribution in [0.15, 0.2) is 42.5 Å². The first-order valence-electron chi connectivity index (χ1n) is 9.51. The van der Waals surface area contributed by atoms with Gasteiger partial charge < -0.3 is 14.8 Å². The first kappa shape index (κ1) is 19.7. The zero-order valence-corrected chi connectivity index (χ0v) is 16.5. The number of anilines is 2. The standard InChI is InChI=1S/C22H26N2O4/c1-4-5-6-15-7-9-16(10-8-15)24-21(25)14-19(22(24)26)23-18-12-11-17(27-2)13-20(18)28-3/h7-13,19,23H,4-6,14H2,1-3H3. The Hall–Kier alpha value is -3.02. The van der Waals surface area contributed by atoms with Crippen molar-refractivity contribution >= 4 is 23.2 Å². The number of aryl methyl sites for hydroxylation is 1. The molecule has 1 saturated heterocycles. The lowest BCUT2D eigenvalue weighted by atomic mass is 10.1. The SMILES string of the molecule is CCCCc1ccc(N2C(=O)CC(Nc3ccc(OC)cc3OC)C2=O)cc1. The number of methoxy groups -OCH3 is 2. The molecule has 0 spiro atoms. The predicted molar refractivity (Wildman–Crippen MR) is 109 cm³/mol. The Morgan fingerprint density at radius 3 is 2.46 bits per heavy atom. The van der Waals surface area contributed by atoms with E-state index in [1.165, 1.54) is 10.5 Å². The van der Waals surface area contributed by atoms with Gasteiger partial charge in [0.15, 0.2) is 0 Å². The number of imide groups is 1. The van der Waals surface area contributed by atoms with Gasteiger partial charge in [-0.05, 0) is 42.7 Å². The molecule has 0 saturated carbocycles. The number of unbranched alkanes of at least 4 members (excludes halogenated alkanes) is 1. The van der Waals surface area contributed by atoms with Gasteiger partial charge in [0, 0.05) is 6.07 Å². The smallest absolute Gasteiger partial charge is 0.256 e. The number of carbonyl (C=O) groups is 2. The van der Waals surface area contributed by atoms with E-state index in [0.717, 1.165) is 19.3 Å². The van der Waals surface area contributed by atoms with E-state index in [-0.39, 0.29) is 18.2 Å². The average molecular weight is 382 g/mol. The number of rotatable bonds is 8. The number of hydrogen-bond donors (Lipinski definition) is 1. The molecular weight excluding hydrogens is 356 g/mol. The van der Waals surface area contributed by atoms with Gasteiger partial charge in [-0.3, -0.25) is 9.59 Å². The normalized spacial score (nSPS) is 16.4. The molecule has 2 aromatic rings. The van der Waals surface area contributed by atoms with E-state index >= 15 is 0 Å². The Bertz CT molecular complexity index is 848. The van der Waals surface area contributed by atoms with Crippen molar-refractivity contribution in [3.63, 3.8) is 0 Å². The van der Waals surface area contributed by atoms with E-state index in [2.05, 4.69) is 12.2 Å². The van der Waals surface area contributed by atoms with Crippen LogP contribution in [0, 0.1) is 0 Å². The summed E-state index contributed by atoms with van der Waals surface area (Å²) in [6.45, 7) is 2.15. The van der Waals surface area contributed by atoms with Gasteiger partial charge in [-0.1, -0.05) is 25.5 Å². The van der Waals surface area contributed by atoms with E-state index in [1.807, 2.05) is 24.3 Å². The third-order valence-corrected chi connectivity index (χ3v) is 4.90. The molecule has 1 atom stereocenters. The molecule has 0 aliphatic carbocycles. The molecule has 0 radical (unpaired) electrons. The fraction of sp³-hybridized carbons (Fsp3) is 0.364. The summed E-state index contributed by atoms with van der Waals surface area (Å²) in [5.74, 6) is 0.736. The topological polar surface area (TPSA) is 67.9 Å². The van der Waals surface area contributed by atoms with Crippen LogP contribution in [0.4, 0.5) is 11.4 Å². The highest BCUT2D eigenvalue weighted by Crippen LogP contribution is 2.32. The largest absolute Gasteiger partial charge is 0.497 e. The first-order valence-corrected chi connectivity index (χ1v) is 9.51. The summed E-state index contributed by atoms with van der Waals surface area (Å²) in [6, 6.07) is 12.3. The number of carbonyl (C=O) groups excluding carboxylic acids is 2. The molecule has 1 aliphatic rings. The zero-order valence-electron chi connectivity index (χ0n) is 16.5. The molecule has 1 fully saturated rings. The summed E-state index contributed by atoms with van der Waals surface area (Å²) in [5, 5.41) is 3.14. The summed E-state index contributed by atoms with van der Waals surface area (Å²) in [5.41, 5.74) is 2.47. The minimum absolute atomic E-state index is 0.103. The van der Waals surface area contributed by atoms with Crippen LogP contribution in [0.3, 0.4) is 0 Å². The second kappa shape index (κ2) is 8.78. The van der Waals surface area contributed by atoms with Gasteiger partial charge in [0.2, 0.25) is 5.91 Å². The molecule has 2 amide bonds. The maximum Gasteiger partial charge on any atom is 0.256 e. The lowest BCUT2D eigenvalue weighted by Crippen LogP contribution is -2.34. The molecule has 1 N–H and O–H groups in total. The van der Waals surface area contributed by atoms with Gasteiger partial charge in [0.05, 0.1) is 32.0 Å². The quantitative estimate of drug-likeness (QED) is 0.704. The van der Waals surface area contributed by atoms with Crippen LogP contribution in [-0.4, -0.2) is 32.1 Å². The molecule has 1 heterocycles. The van der Waals surface area contributed by atoms with E-state index < -0.39 is 6.04 Å². The third-order valence-electron chi connectivity index (χ3n) is 4.90. The number of benzene rings is 2. The summed E-state index contributed by atoms with van der Waals surface area (Å²) < 4.78 is 10.6. The van der Waals surface area contributed by atoms with Crippen molar-refractivity contribution in [2.75, 3.05) is 24.4 Å². The molecule has 2 aromatic carbocycles. The predicted octanol–water partition coefficient (Wildman–Crippen LogP) is 3.79. The maximum atomic E-state index is 12.9. The summed E-state index contributed by atoms with van der Waals surface area (Å²) >= 11 is 0. The highest BCUT2D eigenvalue weighted by atomic mass is 16.5. The van der Waals surface area contributed by atoms with Crippen LogP contribution < -0.4 is 19.7 Å². The molecule has 1 aliphatic heterocycles. The van der Waals surface area contributed by atoms with Gasteiger partial charge in [-0.2, -0.15) is 0 Å². The van der Waals surface area contributed by atoms with Crippen LogP contribution in [0.25, 0.3) is 0 Å². The van der Waals surface area contributed by atoms with E-state index in [1.54, 1.807) is 32.4 Å². The Morgan fingerprint density at radius 1 is 1.07 bits per heavy atom. The van der Waals surface area contributed by atoms with Gasteiger partial charge in [0.25, 0.3) is 5.91 Å². The first-order chi connectivity index (χ1) is 13.6. The molecule has 148 valence electrons. The molecule has 3 rings (SSSR count).